The molecule has 1 aromatic heterocycles. The fourth-order valence-electron chi connectivity index (χ4n) is 2.70. The normalized spacial score (nSPS) is 11.7. The summed E-state index contributed by atoms with van der Waals surface area (Å²) >= 11 is 0. The molecule has 0 saturated carbocycles. The molecule has 0 aliphatic carbocycles. The summed E-state index contributed by atoms with van der Waals surface area (Å²) < 4.78 is 28.0. The van der Waals surface area contributed by atoms with Crippen LogP contribution in [0.15, 0.2) is 77.2 Å². The van der Waals surface area contributed by atoms with Gasteiger partial charge in [-0.1, -0.05) is 42.0 Å². The first-order chi connectivity index (χ1) is 11.0. The highest BCUT2D eigenvalue weighted by Gasteiger charge is 2.23. The van der Waals surface area contributed by atoms with Gasteiger partial charge in [0.25, 0.3) is 0 Å². The van der Waals surface area contributed by atoms with Gasteiger partial charge in [-0.2, -0.15) is 0 Å². The van der Waals surface area contributed by atoms with E-state index in [1.165, 1.54) is 0 Å². The third-order valence-electron chi connectivity index (χ3n) is 3.94. The van der Waals surface area contributed by atoms with Crippen LogP contribution in [0.1, 0.15) is 12.0 Å². The Morgan fingerprint density at radius 3 is 2.48 bits per heavy atom. The Morgan fingerprint density at radius 2 is 1.78 bits per heavy atom. The van der Waals surface area contributed by atoms with Crippen molar-refractivity contribution in [3.05, 3.63) is 72.8 Å². The first-order valence-corrected chi connectivity index (χ1v) is 9.03. The summed E-state index contributed by atoms with van der Waals surface area (Å²) in [6, 6.07) is 16.5. The van der Waals surface area contributed by atoms with Crippen LogP contribution < -0.4 is 0 Å². The minimum Gasteiger partial charge on any atom is -0.331 e. The molecule has 0 bridgehead atoms. The van der Waals surface area contributed by atoms with Gasteiger partial charge >= 0.3 is 0 Å². The SMILES string of the molecule is C=CCCn1c(S(=O)(=O)c2ccc(C)cc2)cc2ccccc21. The molecule has 118 valence electrons. The Kier molecular flexibility index (Phi) is 4.09. The van der Waals surface area contributed by atoms with Crippen molar-refractivity contribution in [2.75, 3.05) is 0 Å². The number of benzene rings is 2. The van der Waals surface area contributed by atoms with Gasteiger partial charge in [-0.25, -0.2) is 8.42 Å². The van der Waals surface area contributed by atoms with E-state index in [2.05, 4.69) is 6.58 Å². The molecule has 3 rings (SSSR count). The highest BCUT2D eigenvalue weighted by Crippen LogP contribution is 2.28. The molecule has 0 fully saturated rings. The minimum atomic E-state index is -3.55. The maximum absolute atomic E-state index is 13.1. The van der Waals surface area contributed by atoms with E-state index in [1.54, 1.807) is 24.3 Å². The minimum absolute atomic E-state index is 0.325. The number of allylic oxidation sites excluding steroid dienone is 1. The highest BCUT2D eigenvalue weighted by atomic mass is 32.2. The standard InChI is InChI=1S/C19H19NO2S/c1-3-4-13-20-18-8-6-5-7-16(18)14-19(20)23(21,22)17-11-9-15(2)10-12-17/h3,5-12,14H,1,4,13H2,2H3. The van der Waals surface area contributed by atoms with E-state index in [0.29, 0.717) is 16.5 Å². The summed E-state index contributed by atoms with van der Waals surface area (Å²) in [6.45, 7) is 6.27. The van der Waals surface area contributed by atoms with Crippen molar-refractivity contribution in [2.45, 2.75) is 29.8 Å². The van der Waals surface area contributed by atoms with Gasteiger partial charge in [-0.15, -0.1) is 6.58 Å². The molecule has 0 aliphatic rings. The Morgan fingerprint density at radius 1 is 1.09 bits per heavy atom. The number of fused-ring (bicyclic) bond motifs is 1. The van der Waals surface area contributed by atoms with Crippen LogP contribution in [-0.4, -0.2) is 13.0 Å². The van der Waals surface area contributed by atoms with Crippen LogP contribution in [0.4, 0.5) is 0 Å². The molecule has 1 heterocycles. The molecule has 0 N–H and O–H groups in total. The highest BCUT2D eigenvalue weighted by molar-refractivity contribution is 7.91. The van der Waals surface area contributed by atoms with Gasteiger partial charge < -0.3 is 4.57 Å². The van der Waals surface area contributed by atoms with Gasteiger partial charge in [0.15, 0.2) is 0 Å². The second-order valence-corrected chi connectivity index (χ2v) is 7.48. The first kappa shape index (κ1) is 15.6. The van der Waals surface area contributed by atoms with Crippen molar-refractivity contribution >= 4 is 20.7 Å². The number of nitrogens with zero attached hydrogens (tertiary/aromatic N) is 1. The fourth-order valence-corrected chi connectivity index (χ4v) is 4.19. The molecule has 0 unspecified atom stereocenters. The van der Waals surface area contributed by atoms with Crippen LogP contribution in [0.5, 0.6) is 0 Å². The summed E-state index contributed by atoms with van der Waals surface area (Å²) in [4.78, 5) is 0.325. The maximum Gasteiger partial charge on any atom is 0.222 e. The van der Waals surface area contributed by atoms with Crippen molar-refractivity contribution in [1.29, 1.82) is 0 Å². The summed E-state index contributed by atoms with van der Waals surface area (Å²) in [6.07, 6.45) is 2.52. The molecule has 23 heavy (non-hydrogen) atoms. The van der Waals surface area contributed by atoms with Crippen LogP contribution >= 0.6 is 0 Å². The van der Waals surface area contributed by atoms with E-state index in [9.17, 15) is 8.42 Å². The zero-order valence-corrected chi connectivity index (χ0v) is 13.9. The predicted molar refractivity (Wildman–Crippen MR) is 93.4 cm³/mol. The number of rotatable bonds is 5. The van der Waals surface area contributed by atoms with Crippen LogP contribution in [0.25, 0.3) is 10.9 Å². The molecular formula is C19H19NO2S. The monoisotopic (exact) mass is 325 g/mol. The first-order valence-electron chi connectivity index (χ1n) is 7.55. The number of hydrogen-bond donors (Lipinski definition) is 0. The lowest BCUT2D eigenvalue weighted by Crippen LogP contribution is -2.10. The fraction of sp³-hybridized carbons (Fsp3) is 0.158. The van der Waals surface area contributed by atoms with E-state index in [0.717, 1.165) is 22.9 Å². The molecule has 3 nitrogen and oxygen atoms in total. The van der Waals surface area contributed by atoms with Crippen LogP contribution in [0.2, 0.25) is 0 Å². The third-order valence-corrected chi connectivity index (χ3v) is 5.72. The number of aromatic nitrogens is 1. The van der Waals surface area contributed by atoms with Crippen molar-refractivity contribution in [3.63, 3.8) is 0 Å². The zero-order chi connectivity index (χ0) is 16.4. The van der Waals surface area contributed by atoms with E-state index in [1.807, 2.05) is 47.9 Å². The Bertz CT molecular complexity index is 951. The second kappa shape index (κ2) is 6.05. The Balaban J connectivity index is 2.21. The van der Waals surface area contributed by atoms with E-state index in [-0.39, 0.29) is 0 Å². The zero-order valence-electron chi connectivity index (χ0n) is 13.1. The summed E-state index contributed by atoms with van der Waals surface area (Å²) in [7, 11) is -3.55. The molecule has 0 aliphatic heterocycles. The Hall–Kier alpha value is -2.33. The summed E-state index contributed by atoms with van der Waals surface area (Å²) in [5.41, 5.74) is 1.97. The van der Waals surface area contributed by atoms with Gasteiger partial charge in [0.05, 0.1) is 4.90 Å². The number of aryl methyl sites for hydroxylation is 2. The molecule has 3 aromatic rings. The quantitative estimate of drug-likeness (QED) is 0.654. The average Bonchev–Trinajstić information content (AvgIpc) is 2.93. The third kappa shape index (κ3) is 2.82. The van der Waals surface area contributed by atoms with Crippen LogP contribution in [0, 0.1) is 6.92 Å². The van der Waals surface area contributed by atoms with Gasteiger partial charge in [0.2, 0.25) is 9.84 Å². The lowest BCUT2D eigenvalue weighted by Gasteiger charge is -2.10. The number of sulfone groups is 1. The van der Waals surface area contributed by atoms with Crippen molar-refractivity contribution in [1.82, 2.24) is 4.57 Å². The smallest absolute Gasteiger partial charge is 0.222 e. The molecule has 0 radical (unpaired) electrons. The lowest BCUT2D eigenvalue weighted by atomic mass is 10.2. The summed E-state index contributed by atoms with van der Waals surface area (Å²) in [5.74, 6) is 0. The van der Waals surface area contributed by atoms with Gasteiger partial charge in [-0.05, 0) is 37.6 Å². The lowest BCUT2D eigenvalue weighted by molar-refractivity contribution is 0.577. The summed E-state index contributed by atoms with van der Waals surface area (Å²) in [5, 5.41) is 1.27. The topological polar surface area (TPSA) is 39.1 Å². The molecule has 0 spiro atoms. The van der Waals surface area contributed by atoms with E-state index in [4.69, 9.17) is 0 Å². The maximum atomic E-state index is 13.1. The second-order valence-electron chi connectivity index (χ2n) is 5.59. The molecule has 0 amide bonds. The van der Waals surface area contributed by atoms with Gasteiger partial charge in [0, 0.05) is 17.4 Å². The van der Waals surface area contributed by atoms with Crippen LogP contribution in [-0.2, 0) is 16.4 Å². The largest absolute Gasteiger partial charge is 0.331 e. The van der Waals surface area contributed by atoms with Gasteiger partial charge in [-0.3, -0.25) is 0 Å². The van der Waals surface area contributed by atoms with E-state index >= 15 is 0 Å². The van der Waals surface area contributed by atoms with Crippen molar-refractivity contribution in [3.8, 4) is 0 Å². The number of hydrogen-bond acceptors (Lipinski definition) is 2. The number of para-hydroxylation sites is 1. The van der Waals surface area contributed by atoms with Crippen molar-refractivity contribution < 1.29 is 8.42 Å². The average molecular weight is 325 g/mol. The molecule has 0 atom stereocenters. The molecule has 4 heteroatoms. The molecule has 2 aromatic carbocycles. The Labute approximate surface area is 136 Å². The van der Waals surface area contributed by atoms with Crippen LogP contribution in [0.3, 0.4) is 0 Å². The van der Waals surface area contributed by atoms with E-state index < -0.39 is 9.84 Å². The predicted octanol–water partition coefficient (Wildman–Crippen LogP) is 4.36. The van der Waals surface area contributed by atoms with Gasteiger partial charge in [0.1, 0.15) is 5.03 Å². The molecular weight excluding hydrogens is 306 g/mol. The van der Waals surface area contributed by atoms with Crippen molar-refractivity contribution in [2.24, 2.45) is 0 Å². The molecule has 0 saturated heterocycles.